The number of hydrogen-bond acceptors (Lipinski definition) is 3. The zero-order valence-electron chi connectivity index (χ0n) is 18.2. The molecule has 0 saturated heterocycles. The largest absolute Gasteiger partial charge is 0.386 e. The topological polar surface area (TPSA) is 65.3 Å². The van der Waals surface area contributed by atoms with Gasteiger partial charge in [-0.3, -0.25) is 10.2 Å². The van der Waals surface area contributed by atoms with Gasteiger partial charge in [-0.15, -0.1) is 0 Å². The number of nitrogens with one attached hydrogen (secondary N) is 2. The number of aliphatic imine (C=N–C) groups is 1. The van der Waals surface area contributed by atoms with Gasteiger partial charge in [-0.05, 0) is 31.5 Å². The van der Waals surface area contributed by atoms with Crippen LogP contribution in [0, 0.1) is 5.41 Å². The second-order valence-electron chi connectivity index (χ2n) is 7.63. The van der Waals surface area contributed by atoms with Gasteiger partial charge in [0, 0.05) is 35.4 Å². The second kappa shape index (κ2) is 11.2. The first kappa shape index (κ1) is 23.2. The highest BCUT2D eigenvalue weighted by atomic mass is 35.5. The Labute approximate surface area is 194 Å². The average Bonchev–Trinajstić information content (AvgIpc) is 2.79. The first-order chi connectivity index (χ1) is 15.4. The Balaban J connectivity index is 1.98. The average molecular weight is 444 g/mol. The van der Waals surface area contributed by atoms with E-state index in [-0.39, 0.29) is 17.7 Å². The SMILES string of the molecule is CC(C)N/C(=C\C(=O)c1ccccc1Cl)CC(=NC(=N)c1ccccc1)c1ccccc1. The van der Waals surface area contributed by atoms with Crippen molar-refractivity contribution in [2.24, 2.45) is 4.99 Å². The van der Waals surface area contributed by atoms with Crippen molar-refractivity contribution in [3.63, 3.8) is 0 Å². The zero-order chi connectivity index (χ0) is 22.9. The summed E-state index contributed by atoms with van der Waals surface area (Å²) in [5.41, 5.74) is 3.50. The number of carbonyl (C=O) groups excluding carboxylic acids is 1. The van der Waals surface area contributed by atoms with E-state index in [1.165, 1.54) is 0 Å². The highest BCUT2D eigenvalue weighted by Gasteiger charge is 2.14. The maximum atomic E-state index is 12.9. The van der Waals surface area contributed by atoms with E-state index >= 15 is 0 Å². The summed E-state index contributed by atoms with van der Waals surface area (Å²) in [6.45, 7) is 4.03. The van der Waals surface area contributed by atoms with Gasteiger partial charge < -0.3 is 5.32 Å². The van der Waals surface area contributed by atoms with Crippen molar-refractivity contribution in [2.45, 2.75) is 26.3 Å². The van der Waals surface area contributed by atoms with Crippen LogP contribution in [0.3, 0.4) is 0 Å². The molecule has 0 unspecified atom stereocenters. The molecular weight excluding hydrogens is 418 g/mol. The van der Waals surface area contributed by atoms with Crippen LogP contribution in [-0.4, -0.2) is 23.4 Å². The van der Waals surface area contributed by atoms with Gasteiger partial charge in [0.15, 0.2) is 11.6 Å². The Morgan fingerprint density at radius 2 is 1.50 bits per heavy atom. The lowest BCUT2D eigenvalue weighted by atomic mass is 10.0. The van der Waals surface area contributed by atoms with Crippen LogP contribution in [0.4, 0.5) is 0 Å². The van der Waals surface area contributed by atoms with Crippen molar-refractivity contribution in [3.8, 4) is 0 Å². The minimum absolute atomic E-state index is 0.117. The van der Waals surface area contributed by atoms with Crippen molar-refractivity contribution in [1.82, 2.24) is 5.32 Å². The molecule has 0 saturated carbocycles. The van der Waals surface area contributed by atoms with Crippen molar-refractivity contribution in [3.05, 3.63) is 118 Å². The molecule has 0 radical (unpaired) electrons. The second-order valence-corrected chi connectivity index (χ2v) is 8.04. The Bertz CT molecular complexity index is 1140. The lowest BCUT2D eigenvalue weighted by Gasteiger charge is -2.16. The van der Waals surface area contributed by atoms with Gasteiger partial charge in [-0.25, -0.2) is 4.99 Å². The van der Waals surface area contributed by atoms with E-state index in [4.69, 9.17) is 17.0 Å². The quantitative estimate of drug-likeness (QED) is 0.185. The van der Waals surface area contributed by atoms with Gasteiger partial charge in [-0.1, -0.05) is 84.4 Å². The van der Waals surface area contributed by atoms with E-state index in [0.29, 0.717) is 28.4 Å². The lowest BCUT2D eigenvalue weighted by molar-refractivity contribution is 0.104. The van der Waals surface area contributed by atoms with Gasteiger partial charge in [0.1, 0.15) is 0 Å². The molecule has 2 N–H and O–H groups in total. The molecule has 0 aromatic heterocycles. The molecule has 4 nitrogen and oxygen atoms in total. The summed E-state index contributed by atoms with van der Waals surface area (Å²) in [5, 5.41) is 12.3. The number of amidine groups is 1. The number of hydrogen-bond donors (Lipinski definition) is 2. The summed E-state index contributed by atoms with van der Waals surface area (Å²) in [7, 11) is 0. The van der Waals surface area contributed by atoms with Crippen LogP contribution in [0.25, 0.3) is 0 Å². The Morgan fingerprint density at radius 1 is 0.938 bits per heavy atom. The molecule has 0 aliphatic carbocycles. The molecule has 0 aliphatic rings. The predicted molar refractivity (Wildman–Crippen MR) is 133 cm³/mol. The molecular formula is C27H26ClN3O. The Morgan fingerprint density at radius 3 is 2.09 bits per heavy atom. The molecule has 3 aromatic carbocycles. The summed E-state index contributed by atoms with van der Waals surface area (Å²) in [4.78, 5) is 17.6. The maximum Gasteiger partial charge on any atom is 0.189 e. The van der Waals surface area contributed by atoms with E-state index < -0.39 is 0 Å². The molecule has 0 bridgehead atoms. The summed E-state index contributed by atoms with van der Waals surface area (Å²) in [5.74, 6) is -0.00456. The van der Waals surface area contributed by atoms with E-state index in [9.17, 15) is 4.79 Å². The smallest absolute Gasteiger partial charge is 0.189 e. The normalized spacial score (nSPS) is 12.0. The van der Waals surface area contributed by atoms with E-state index in [1.54, 1.807) is 30.3 Å². The molecule has 0 amide bonds. The minimum atomic E-state index is -0.177. The van der Waals surface area contributed by atoms with Crippen molar-refractivity contribution in [2.75, 3.05) is 0 Å². The van der Waals surface area contributed by atoms with Gasteiger partial charge >= 0.3 is 0 Å². The van der Waals surface area contributed by atoms with Crippen LogP contribution in [0.5, 0.6) is 0 Å². The van der Waals surface area contributed by atoms with Gasteiger partial charge in [-0.2, -0.15) is 0 Å². The summed E-state index contributed by atoms with van der Waals surface area (Å²) >= 11 is 6.22. The summed E-state index contributed by atoms with van der Waals surface area (Å²) < 4.78 is 0. The standard InChI is InChI=1S/C27H26ClN3O/c1-19(2)30-22(18-26(32)23-15-9-10-16-24(23)28)17-25(20-11-5-3-6-12-20)31-27(29)21-13-7-4-8-14-21/h3-16,18-19,29-30H,17H2,1-2H3/b22-18-,29-27?,31-25?. The van der Waals surface area contributed by atoms with Crippen molar-refractivity contribution < 1.29 is 4.79 Å². The maximum absolute atomic E-state index is 12.9. The molecule has 32 heavy (non-hydrogen) atoms. The van der Waals surface area contributed by atoms with Crippen molar-refractivity contribution >= 4 is 28.9 Å². The van der Waals surface area contributed by atoms with E-state index in [0.717, 1.165) is 11.1 Å². The molecule has 3 rings (SSSR count). The molecule has 162 valence electrons. The van der Waals surface area contributed by atoms with Crippen LogP contribution >= 0.6 is 11.6 Å². The van der Waals surface area contributed by atoms with Crippen LogP contribution in [0.1, 0.15) is 41.8 Å². The number of carbonyl (C=O) groups is 1. The van der Waals surface area contributed by atoms with Crippen molar-refractivity contribution in [1.29, 1.82) is 5.41 Å². The Kier molecular flexibility index (Phi) is 8.12. The third kappa shape index (κ3) is 6.50. The number of ketones is 1. The first-order valence-electron chi connectivity index (χ1n) is 10.5. The fraction of sp³-hybridized carbons (Fsp3) is 0.148. The number of benzene rings is 3. The van der Waals surface area contributed by atoms with Crippen LogP contribution in [0.2, 0.25) is 5.02 Å². The Hall–Kier alpha value is -3.50. The fourth-order valence-electron chi connectivity index (χ4n) is 3.22. The molecule has 0 aliphatic heterocycles. The van der Waals surface area contributed by atoms with E-state index in [1.807, 2.05) is 74.5 Å². The number of halogens is 1. The number of allylic oxidation sites excluding steroid dienone is 2. The van der Waals surface area contributed by atoms with Gasteiger partial charge in [0.05, 0.1) is 10.7 Å². The van der Waals surface area contributed by atoms with Crippen LogP contribution in [-0.2, 0) is 0 Å². The number of rotatable bonds is 8. The molecule has 0 spiro atoms. The monoisotopic (exact) mass is 443 g/mol. The molecule has 0 heterocycles. The molecule has 0 atom stereocenters. The van der Waals surface area contributed by atoms with Crippen LogP contribution < -0.4 is 5.32 Å². The fourth-order valence-corrected chi connectivity index (χ4v) is 3.45. The predicted octanol–water partition coefficient (Wildman–Crippen LogP) is 6.31. The summed E-state index contributed by atoms with van der Waals surface area (Å²) in [6.07, 6.45) is 1.94. The van der Waals surface area contributed by atoms with E-state index in [2.05, 4.69) is 10.3 Å². The van der Waals surface area contributed by atoms with Crippen LogP contribution in [0.15, 0.2) is 102 Å². The third-order valence-corrected chi connectivity index (χ3v) is 5.01. The van der Waals surface area contributed by atoms with Gasteiger partial charge in [0.2, 0.25) is 0 Å². The minimum Gasteiger partial charge on any atom is -0.386 e. The van der Waals surface area contributed by atoms with Gasteiger partial charge in [0.25, 0.3) is 0 Å². The highest BCUT2D eigenvalue weighted by molar-refractivity contribution is 6.34. The first-order valence-corrected chi connectivity index (χ1v) is 10.8. The lowest BCUT2D eigenvalue weighted by Crippen LogP contribution is -2.25. The molecule has 3 aromatic rings. The third-order valence-electron chi connectivity index (χ3n) is 4.68. The molecule has 0 fully saturated rings. The highest BCUT2D eigenvalue weighted by Crippen LogP contribution is 2.18. The summed E-state index contributed by atoms with van der Waals surface area (Å²) in [6, 6.07) is 26.2. The number of nitrogens with zero attached hydrogens (tertiary/aromatic N) is 1. The molecule has 5 heteroatoms. The zero-order valence-corrected chi connectivity index (χ0v) is 18.9.